The zero-order chi connectivity index (χ0) is 22.1. The quantitative estimate of drug-likeness (QED) is 0.335. The molecule has 0 atom stereocenters. The standard InChI is InChI=1S/C23H28N4O4/c1-2-22-25-11-12-27(22)15-19-14-21(31-26-19)9-6-18-4-7-20(8-5-18)30-13-3-10-23(24,16-28)17-29/h4-5,7-8,11-12,14,28-29H,2-3,10,13,15-17,24H2,1H3. The van der Waals surface area contributed by atoms with Crippen LogP contribution in [0.15, 0.2) is 47.2 Å². The third-order valence-corrected chi connectivity index (χ3v) is 4.91. The topological polar surface area (TPSA) is 120 Å². The molecule has 0 bridgehead atoms. The number of aliphatic hydroxyl groups excluding tert-OH is 2. The molecule has 1 aromatic carbocycles. The zero-order valence-corrected chi connectivity index (χ0v) is 17.6. The molecule has 2 heterocycles. The molecule has 0 unspecified atom stereocenters. The fourth-order valence-electron chi connectivity index (χ4n) is 3.01. The Morgan fingerprint density at radius 1 is 1.19 bits per heavy atom. The van der Waals surface area contributed by atoms with E-state index in [2.05, 4.69) is 28.9 Å². The number of hydrogen-bond acceptors (Lipinski definition) is 7. The Labute approximate surface area is 181 Å². The van der Waals surface area contributed by atoms with Gasteiger partial charge in [0.25, 0.3) is 0 Å². The molecular weight excluding hydrogens is 396 g/mol. The minimum atomic E-state index is -0.958. The van der Waals surface area contributed by atoms with Crippen molar-refractivity contribution in [3.05, 3.63) is 65.6 Å². The summed E-state index contributed by atoms with van der Waals surface area (Å²) in [5, 5.41) is 22.5. The van der Waals surface area contributed by atoms with Crippen molar-refractivity contribution < 1.29 is 19.5 Å². The molecule has 0 fully saturated rings. The number of imidazole rings is 1. The Kier molecular flexibility index (Phi) is 7.84. The number of aliphatic hydroxyl groups is 2. The predicted octanol–water partition coefficient (Wildman–Crippen LogP) is 1.72. The molecule has 0 aliphatic heterocycles. The third kappa shape index (κ3) is 6.43. The van der Waals surface area contributed by atoms with E-state index in [-0.39, 0.29) is 13.2 Å². The Hall–Kier alpha value is -3.12. The van der Waals surface area contributed by atoms with E-state index in [1.54, 1.807) is 6.20 Å². The normalized spacial score (nSPS) is 11.2. The highest BCUT2D eigenvalue weighted by Crippen LogP contribution is 2.14. The van der Waals surface area contributed by atoms with Gasteiger partial charge in [0.05, 0.1) is 31.9 Å². The van der Waals surface area contributed by atoms with Gasteiger partial charge >= 0.3 is 0 Å². The van der Waals surface area contributed by atoms with Crippen LogP contribution in [-0.4, -0.2) is 50.3 Å². The van der Waals surface area contributed by atoms with E-state index >= 15 is 0 Å². The molecule has 0 radical (unpaired) electrons. The predicted molar refractivity (Wildman–Crippen MR) is 115 cm³/mol. The number of ether oxygens (including phenoxy) is 1. The maximum atomic E-state index is 9.19. The largest absolute Gasteiger partial charge is 0.494 e. The molecule has 3 rings (SSSR count). The van der Waals surface area contributed by atoms with E-state index in [9.17, 15) is 10.2 Å². The average Bonchev–Trinajstić information content (AvgIpc) is 3.45. The third-order valence-electron chi connectivity index (χ3n) is 4.91. The van der Waals surface area contributed by atoms with Crippen LogP contribution in [0, 0.1) is 11.8 Å². The maximum absolute atomic E-state index is 9.19. The minimum absolute atomic E-state index is 0.257. The molecule has 8 nitrogen and oxygen atoms in total. The minimum Gasteiger partial charge on any atom is -0.494 e. The summed E-state index contributed by atoms with van der Waals surface area (Å²) in [5.74, 6) is 8.27. The van der Waals surface area contributed by atoms with Gasteiger partial charge in [0.1, 0.15) is 17.3 Å². The molecule has 0 saturated carbocycles. The highest BCUT2D eigenvalue weighted by atomic mass is 16.5. The molecule has 0 saturated heterocycles. The second-order valence-corrected chi connectivity index (χ2v) is 7.41. The molecule has 0 aliphatic rings. The van der Waals surface area contributed by atoms with Gasteiger partial charge in [-0.3, -0.25) is 0 Å². The van der Waals surface area contributed by atoms with Crippen molar-refractivity contribution in [3.63, 3.8) is 0 Å². The highest BCUT2D eigenvalue weighted by molar-refractivity contribution is 5.41. The SMILES string of the molecule is CCc1nccn1Cc1cc(C#Cc2ccc(OCCCC(N)(CO)CO)cc2)on1. The highest BCUT2D eigenvalue weighted by Gasteiger charge is 2.22. The summed E-state index contributed by atoms with van der Waals surface area (Å²) in [7, 11) is 0. The molecule has 3 aromatic rings. The van der Waals surface area contributed by atoms with Crippen LogP contribution in [-0.2, 0) is 13.0 Å². The second-order valence-electron chi connectivity index (χ2n) is 7.41. The monoisotopic (exact) mass is 424 g/mol. The van der Waals surface area contributed by atoms with Gasteiger partial charge in [0.2, 0.25) is 5.76 Å². The molecule has 2 aromatic heterocycles. The number of benzene rings is 1. The Balaban J connectivity index is 1.50. The van der Waals surface area contributed by atoms with Crippen molar-refractivity contribution in [3.8, 4) is 17.6 Å². The summed E-state index contributed by atoms with van der Waals surface area (Å²) in [6, 6.07) is 9.25. The first kappa shape index (κ1) is 22.6. The molecule has 8 heteroatoms. The zero-order valence-electron chi connectivity index (χ0n) is 17.6. The second kappa shape index (κ2) is 10.8. The van der Waals surface area contributed by atoms with E-state index in [0.717, 1.165) is 29.3 Å². The Morgan fingerprint density at radius 3 is 2.68 bits per heavy atom. The van der Waals surface area contributed by atoms with Crippen LogP contribution in [0.4, 0.5) is 0 Å². The number of nitrogens with zero attached hydrogens (tertiary/aromatic N) is 3. The summed E-state index contributed by atoms with van der Waals surface area (Å²) in [6.45, 7) is 2.59. The summed E-state index contributed by atoms with van der Waals surface area (Å²) in [6.07, 6.45) is 5.67. The molecule has 4 N–H and O–H groups in total. The Morgan fingerprint density at radius 2 is 1.97 bits per heavy atom. The van der Waals surface area contributed by atoms with Crippen LogP contribution < -0.4 is 10.5 Å². The number of hydrogen-bond donors (Lipinski definition) is 3. The van der Waals surface area contributed by atoms with E-state index in [1.165, 1.54) is 0 Å². The van der Waals surface area contributed by atoms with Gasteiger partial charge in [0.15, 0.2) is 0 Å². The molecular formula is C23H28N4O4. The Bertz CT molecular complexity index is 1010. The average molecular weight is 425 g/mol. The lowest BCUT2D eigenvalue weighted by molar-refractivity contribution is 0.108. The summed E-state index contributed by atoms with van der Waals surface area (Å²) >= 11 is 0. The summed E-state index contributed by atoms with van der Waals surface area (Å²) in [5.41, 5.74) is 6.50. The first-order valence-electron chi connectivity index (χ1n) is 10.3. The van der Waals surface area contributed by atoms with E-state index in [0.29, 0.717) is 31.8 Å². The van der Waals surface area contributed by atoms with Gasteiger partial charge in [-0.1, -0.05) is 18.0 Å². The van der Waals surface area contributed by atoms with Crippen LogP contribution in [0.3, 0.4) is 0 Å². The van der Waals surface area contributed by atoms with Crippen molar-refractivity contribution in [1.82, 2.24) is 14.7 Å². The number of nitrogens with two attached hydrogens (primary N) is 1. The van der Waals surface area contributed by atoms with Crippen molar-refractivity contribution in [1.29, 1.82) is 0 Å². The molecule has 0 spiro atoms. The van der Waals surface area contributed by atoms with Crippen molar-refractivity contribution in [2.24, 2.45) is 5.73 Å². The first-order chi connectivity index (χ1) is 15.0. The van der Waals surface area contributed by atoms with Crippen LogP contribution >= 0.6 is 0 Å². The van der Waals surface area contributed by atoms with E-state index in [4.69, 9.17) is 15.0 Å². The van der Waals surface area contributed by atoms with E-state index < -0.39 is 5.54 Å². The maximum Gasteiger partial charge on any atom is 0.210 e. The lowest BCUT2D eigenvalue weighted by Crippen LogP contribution is -2.47. The number of aromatic nitrogens is 3. The molecule has 0 aliphatic carbocycles. The van der Waals surface area contributed by atoms with Gasteiger partial charge in [-0.2, -0.15) is 0 Å². The fourth-order valence-corrected chi connectivity index (χ4v) is 3.01. The lowest BCUT2D eigenvalue weighted by atomic mass is 9.97. The van der Waals surface area contributed by atoms with Crippen LogP contribution in [0.5, 0.6) is 5.75 Å². The van der Waals surface area contributed by atoms with E-state index in [1.807, 2.05) is 41.1 Å². The summed E-state index contributed by atoms with van der Waals surface area (Å²) in [4.78, 5) is 4.30. The fraction of sp³-hybridized carbons (Fsp3) is 0.391. The lowest BCUT2D eigenvalue weighted by Gasteiger charge is -2.24. The molecule has 0 amide bonds. The molecule has 31 heavy (non-hydrogen) atoms. The molecule has 164 valence electrons. The first-order valence-corrected chi connectivity index (χ1v) is 10.3. The van der Waals surface area contributed by atoms with Gasteiger partial charge in [-0.15, -0.1) is 0 Å². The van der Waals surface area contributed by atoms with Crippen LogP contribution in [0.1, 0.15) is 42.6 Å². The van der Waals surface area contributed by atoms with Gasteiger partial charge in [-0.05, 0) is 43.0 Å². The van der Waals surface area contributed by atoms with Crippen molar-refractivity contribution >= 4 is 0 Å². The number of rotatable bonds is 10. The van der Waals surface area contributed by atoms with Crippen molar-refractivity contribution in [2.45, 2.75) is 38.3 Å². The van der Waals surface area contributed by atoms with Gasteiger partial charge in [0, 0.05) is 30.4 Å². The van der Waals surface area contributed by atoms with Gasteiger partial charge in [-0.25, -0.2) is 4.98 Å². The number of aryl methyl sites for hydroxylation is 1. The summed E-state index contributed by atoms with van der Waals surface area (Å²) < 4.78 is 13.0. The van der Waals surface area contributed by atoms with Gasteiger partial charge < -0.3 is 29.8 Å². The smallest absolute Gasteiger partial charge is 0.210 e. The van der Waals surface area contributed by atoms with Crippen LogP contribution in [0.25, 0.3) is 0 Å². The van der Waals surface area contributed by atoms with Crippen molar-refractivity contribution in [2.75, 3.05) is 19.8 Å². The van der Waals surface area contributed by atoms with Crippen LogP contribution in [0.2, 0.25) is 0 Å².